The molecule has 0 atom stereocenters. The van der Waals surface area contributed by atoms with Gasteiger partial charge in [0.1, 0.15) is 0 Å². The van der Waals surface area contributed by atoms with E-state index in [9.17, 15) is 4.79 Å². The Hall–Kier alpha value is -2.12. The predicted molar refractivity (Wildman–Crippen MR) is 58.2 cm³/mol. The zero-order chi connectivity index (χ0) is 13.1. The second-order valence-corrected chi connectivity index (χ2v) is 3.32. The van der Waals surface area contributed by atoms with Crippen molar-refractivity contribution in [3.05, 3.63) is 12.4 Å². The van der Waals surface area contributed by atoms with Crippen LogP contribution in [0.3, 0.4) is 0 Å². The molecule has 8 nitrogen and oxygen atoms in total. The average Bonchev–Trinajstić information content (AvgIpc) is 2.94. The molecule has 1 amide bonds. The van der Waals surface area contributed by atoms with E-state index < -0.39 is 12.1 Å². The Kier molecular flexibility index (Phi) is 7.99. The lowest BCUT2D eigenvalue weighted by atomic mass is 10.1. The molecule has 0 unspecified atom stereocenters. The van der Waals surface area contributed by atoms with Crippen LogP contribution in [-0.4, -0.2) is 37.7 Å². The number of carboxylic acids is 1. The van der Waals surface area contributed by atoms with Gasteiger partial charge < -0.3 is 15.9 Å². The average molecular weight is 244 g/mol. The van der Waals surface area contributed by atoms with Gasteiger partial charge in [0.05, 0.1) is 12.1 Å². The minimum Gasteiger partial charge on any atom is -0.481 e. The van der Waals surface area contributed by atoms with Crippen LogP contribution in [0.25, 0.3) is 0 Å². The van der Waals surface area contributed by atoms with E-state index in [4.69, 9.17) is 15.0 Å². The van der Waals surface area contributed by atoms with Crippen LogP contribution in [0.1, 0.15) is 25.7 Å². The highest BCUT2D eigenvalue weighted by Crippen LogP contribution is 2.24. The lowest BCUT2D eigenvalue weighted by Gasteiger charge is -1.97. The third-order valence-corrected chi connectivity index (χ3v) is 2.04. The number of aromatic amines is 1. The Bertz CT molecular complexity index is 288. The van der Waals surface area contributed by atoms with Gasteiger partial charge in [-0.1, -0.05) is 18.1 Å². The summed E-state index contributed by atoms with van der Waals surface area (Å²) in [7, 11) is 0. The lowest BCUT2D eigenvalue weighted by Crippen LogP contribution is -2.07. The zero-order valence-electron chi connectivity index (χ0n) is 9.24. The van der Waals surface area contributed by atoms with E-state index in [1.807, 2.05) is 0 Å². The highest BCUT2D eigenvalue weighted by Gasteiger charge is 2.20. The summed E-state index contributed by atoms with van der Waals surface area (Å²) in [6.07, 6.45) is 5.92. The maximum Gasteiger partial charge on any atom is 0.402 e. The molecule has 96 valence electrons. The molecule has 1 fully saturated rings. The monoisotopic (exact) mass is 244 g/mol. The van der Waals surface area contributed by atoms with Crippen LogP contribution < -0.4 is 5.73 Å². The molecule has 0 spiro atoms. The smallest absolute Gasteiger partial charge is 0.402 e. The molecule has 1 heterocycles. The first-order valence-electron chi connectivity index (χ1n) is 5.05. The number of carboxylic acid groups (broad SMARTS) is 2. The van der Waals surface area contributed by atoms with Crippen LogP contribution in [0.4, 0.5) is 4.79 Å². The van der Waals surface area contributed by atoms with Gasteiger partial charge >= 0.3 is 12.1 Å². The summed E-state index contributed by atoms with van der Waals surface area (Å²) in [5.41, 5.74) is 4.03. The third kappa shape index (κ3) is 10.2. The van der Waals surface area contributed by atoms with E-state index in [1.165, 1.54) is 0 Å². The molecule has 5 N–H and O–H groups in total. The molecule has 0 aliphatic heterocycles. The number of amides is 1. The second kappa shape index (κ2) is 9.13. The zero-order valence-corrected chi connectivity index (χ0v) is 9.24. The van der Waals surface area contributed by atoms with E-state index in [0.29, 0.717) is 0 Å². The molecule has 1 aliphatic rings. The summed E-state index contributed by atoms with van der Waals surface area (Å²) in [5, 5.41) is 24.9. The number of hydrogen-bond donors (Lipinski definition) is 4. The highest BCUT2D eigenvalue weighted by molar-refractivity contribution is 5.70. The molecule has 0 radical (unpaired) electrons. The summed E-state index contributed by atoms with van der Waals surface area (Å²) in [6.45, 7) is 0. The van der Waals surface area contributed by atoms with Crippen molar-refractivity contribution in [1.29, 1.82) is 0 Å². The van der Waals surface area contributed by atoms with Crippen molar-refractivity contribution in [3.63, 3.8) is 0 Å². The Morgan fingerprint density at radius 3 is 2.00 bits per heavy atom. The molecule has 8 heteroatoms. The molecule has 1 aromatic rings. The number of aliphatic carboxylic acids is 1. The minimum atomic E-state index is -1.33. The first kappa shape index (κ1) is 14.9. The number of carbonyl (C=O) groups is 2. The normalized spacial score (nSPS) is 13.9. The van der Waals surface area contributed by atoms with Crippen molar-refractivity contribution >= 4 is 12.1 Å². The predicted octanol–water partition coefficient (Wildman–Crippen LogP) is 0.689. The number of rotatable bonds is 1. The van der Waals surface area contributed by atoms with Gasteiger partial charge in [-0.15, -0.1) is 5.10 Å². The van der Waals surface area contributed by atoms with Crippen molar-refractivity contribution in [1.82, 2.24) is 15.4 Å². The molecule has 1 aromatic heterocycles. The van der Waals surface area contributed by atoms with Crippen LogP contribution in [0, 0.1) is 5.92 Å². The summed E-state index contributed by atoms with van der Waals surface area (Å²) in [4.78, 5) is 19.0. The van der Waals surface area contributed by atoms with Gasteiger partial charge in [-0.05, 0) is 12.8 Å². The van der Waals surface area contributed by atoms with Gasteiger partial charge in [0.25, 0.3) is 0 Å². The van der Waals surface area contributed by atoms with Crippen LogP contribution in [0.15, 0.2) is 12.4 Å². The molecule has 0 aromatic carbocycles. The van der Waals surface area contributed by atoms with Crippen molar-refractivity contribution in [2.45, 2.75) is 25.7 Å². The van der Waals surface area contributed by atoms with Crippen LogP contribution in [-0.2, 0) is 4.79 Å². The van der Waals surface area contributed by atoms with Gasteiger partial charge in [0.2, 0.25) is 0 Å². The van der Waals surface area contributed by atoms with Gasteiger partial charge in [-0.25, -0.2) is 4.79 Å². The Morgan fingerprint density at radius 2 is 1.82 bits per heavy atom. The molecule has 1 aliphatic carbocycles. The molecular formula is C9H16N4O4. The van der Waals surface area contributed by atoms with Gasteiger partial charge in [0.15, 0.2) is 0 Å². The van der Waals surface area contributed by atoms with Crippen LogP contribution in [0.2, 0.25) is 0 Å². The van der Waals surface area contributed by atoms with Gasteiger partial charge in [0, 0.05) is 6.20 Å². The van der Waals surface area contributed by atoms with Gasteiger partial charge in [-0.3, -0.25) is 9.89 Å². The number of nitrogens with one attached hydrogen (secondary N) is 1. The van der Waals surface area contributed by atoms with Crippen LogP contribution >= 0.6 is 0 Å². The number of aromatic nitrogens is 3. The minimum absolute atomic E-state index is 0.0185. The Morgan fingerprint density at radius 1 is 1.29 bits per heavy atom. The molecule has 0 saturated heterocycles. The topological polar surface area (TPSA) is 142 Å². The SMILES string of the molecule is NC(=O)O.O=C(O)C1CCCC1.c1c[nH]nn1. The van der Waals surface area contributed by atoms with E-state index in [0.717, 1.165) is 25.7 Å². The molecule has 2 rings (SSSR count). The number of nitrogens with two attached hydrogens (primary N) is 1. The number of nitrogens with zero attached hydrogens (tertiary/aromatic N) is 2. The summed E-state index contributed by atoms with van der Waals surface area (Å²) in [6, 6.07) is 0. The van der Waals surface area contributed by atoms with E-state index in [2.05, 4.69) is 21.1 Å². The Balaban J connectivity index is 0.000000246. The maximum absolute atomic E-state index is 10.2. The van der Waals surface area contributed by atoms with Crippen molar-refractivity contribution in [2.75, 3.05) is 0 Å². The molecule has 1 saturated carbocycles. The summed E-state index contributed by atoms with van der Waals surface area (Å²) < 4.78 is 0. The van der Waals surface area contributed by atoms with Gasteiger partial charge in [-0.2, -0.15) is 0 Å². The molecule has 0 bridgehead atoms. The van der Waals surface area contributed by atoms with E-state index in [1.54, 1.807) is 12.4 Å². The fraction of sp³-hybridized carbons (Fsp3) is 0.556. The quantitative estimate of drug-likeness (QED) is 0.572. The van der Waals surface area contributed by atoms with E-state index >= 15 is 0 Å². The van der Waals surface area contributed by atoms with Crippen molar-refractivity contribution < 1.29 is 19.8 Å². The third-order valence-electron chi connectivity index (χ3n) is 2.04. The second-order valence-electron chi connectivity index (χ2n) is 3.32. The first-order valence-corrected chi connectivity index (χ1v) is 5.05. The molecular weight excluding hydrogens is 228 g/mol. The summed E-state index contributed by atoms with van der Waals surface area (Å²) >= 11 is 0. The lowest BCUT2D eigenvalue weighted by molar-refractivity contribution is -0.141. The van der Waals surface area contributed by atoms with Crippen molar-refractivity contribution in [3.8, 4) is 0 Å². The summed E-state index contributed by atoms with van der Waals surface area (Å²) in [5.74, 6) is -0.627. The van der Waals surface area contributed by atoms with E-state index in [-0.39, 0.29) is 5.92 Å². The fourth-order valence-electron chi connectivity index (χ4n) is 1.34. The molecule has 17 heavy (non-hydrogen) atoms. The maximum atomic E-state index is 10.2. The van der Waals surface area contributed by atoms with Crippen molar-refractivity contribution in [2.24, 2.45) is 11.7 Å². The number of hydrogen-bond acceptors (Lipinski definition) is 4. The highest BCUT2D eigenvalue weighted by atomic mass is 16.4. The number of primary amides is 1. The fourth-order valence-corrected chi connectivity index (χ4v) is 1.34. The van der Waals surface area contributed by atoms with Crippen LogP contribution in [0.5, 0.6) is 0 Å². The Labute approximate surface area is 97.8 Å². The largest absolute Gasteiger partial charge is 0.481 e. The number of H-pyrrole nitrogens is 1. The standard InChI is InChI=1S/C6H10O2.C2H3N3.CH3NO2/c7-6(8)5-3-1-2-4-5;1-2-4-5-3-1;2-1(3)4/h5H,1-4H2,(H,7,8);1-2H,(H,3,4,5);2H2,(H,3,4). The first-order chi connectivity index (χ1) is 8.04.